The molecule has 0 saturated carbocycles. The second-order valence-electron chi connectivity index (χ2n) is 12.6. The van der Waals surface area contributed by atoms with Crippen LogP contribution in [0.2, 0.25) is 0 Å². The standard InChI is InChI=1S/C31H48NO3/c1-22-14-16-32(7,21-22)17-18-35-27-12-10-26(11-13-27)20-28(33)25(4)24(3)19-29(34)30-23(2)9-8-15-31(30,5)6/h10-13,22,24-25H,8-9,14-21H2,1-7H3/q+1. The summed E-state index contributed by atoms with van der Waals surface area (Å²) < 4.78 is 7.10. The molecule has 0 bridgehead atoms. The van der Waals surface area contributed by atoms with Crippen molar-refractivity contribution in [3.63, 3.8) is 0 Å². The van der Waals surface area contributed by atoms with Gasteiger partial charge in [0, 0.05) is 31.1 Å². The number of likely N-dealkylation sites (N-methyl/N-ethyl adjacent to an activating group) is 1. The molecule has 0 spiro atoms. The van der Waals surface area contributed by atoms with Gasteiger partial charge < -0.3 is 9.22 Å². The van der Waals surface area contributed by atoms with E-state index in [1.165, 1.54) is 25.1 Å². The predicted octanol–water partition coefficient (Wildman–Crippen LogP) is 6.42. The van der Waals surface area contributed by atoms with Gasteiger partial charge in [0.1, 0.15) is 24.7 Å². The minimum Gasteiger partial charge on any atom is -0.488 e. The van der Waals surface area contributed by atoms with Gasteiger partial charge in [0.05, 0.1) is 20.1 Å². The van der Waals surface area contributed by atoms with E-state index in [1.54, 1.807) is 0 Å². The van der Waals surface area contributed by atoms with E-state index in [9.17, 15) is 9.59 Å². The zero-order chi connectivity index (χ0) is 25.8. The third-order valence-corrected chi connectivity index (χ3v) is 8.72. The number of hydrogen-bond acceptors (Lipinski definition) is 3. The van der Waals surface area contributed by atoms with Crippen LogP contribution in [-0.4, -0.2) is 49.3 Å². The van der Waals surface area contributed by atoms with Crippen LogP contribution in [0, 0.1) is 23.2 Å². The van der Waals surface area contributed by atoms with Gasteiger partial charge in [-0.25, -0.2) is 0 Å². The lowest BCUT2D eigenvalue weighted by Crippen LogP contribution is -2.44. The number of rotatable bonds is 11. The van der Waals surface area contributed by atoms with E-state index in [1.807, 2.05) is 38.1 Å². The van der Waals surface area contributed by atoms with Crippen LogP contribution in [0.1, 0.15) is 79.2 Å². The van der Waals surface area contributed by atoms with Crippen molar-refractivity contribution in [1.29, 1.82) is 0 Å². The van der Waals surface area contributed by atoms with Crippen molar-refractivity contribution >= 4 is 11.6 Å². The Morgan fingerprint density at radius 1 is 1.17 bits per heavy atom. The fourth-order valence-corrected chi connectivity index (χ4v) is 6.25. The summed E-state index contributed by atoms with van der Waals surface area (Å²) in [7, 11) is 2.32. The van der Waals surface area contributed by atoms with E-state index in [0.717, 1.165) is 59.7 Å². The topological polar surface area (TPSA) is 43.4 Å². The van der Waals surface area contributed by atoms with Crippen LogP contribution in [0.25, 0.3) is 0 Å². The highest BCUT2D eigenvalue weighted by Gasteiger charge is 2.34. The Morgan fingerprint density at radius 3 is 2.46 bits per heavy atom. The molecular weight excluding hydrogens is 434 g/mol. The number of ketones is 2. The molecule has 4 unspecified atom stereocenters. The summed E-state index contributed by atoms with van der Waals surface area (Å²) in [4.78, 5) is 26.2. The Hall–Kier alpha value is -1.94. The maximum Gasteiger partial charge on any atom is 0.159 e. The maximum atomic E-state index is 13.2. The summed E-state index contributed by atoms with van der Waals surface area (Å²) in [5.41, 5.74) is 3.21. The van der Waals surface area contributed by atoms with E-state index in [2.05, 4.69) is 34.7 Å². The Labute approximate surface area is 213 Å². The maximum absolute atomic E-state index is 13.2. The Bertz CT molecular complexity index is 929. The molecule has 1 saturated heterocycles. The van der Waals surface area contributed by atoms with Crippen LogP contribution in [0.5, 0.6) is 5.75 Å². The van der Waals surface area contributed by atoms with Crippen molar-refractivity contribution < 1.29 is 18.8 Å². The summed E-state index contributed by atoms with van der Waals surface area (Å²) in [6, 6.07) is 7.96. The molecule has 3 rings (SSSR count). The van der Waals surface area contributed by atoms with Crippen molar-refractivity contribution in [1.82, 2.24) is 0 Å². The number of benzene rings is 1. The third kappa shape index (κ3) is 7.29. The fraction of sp³-hybridized carbons (Fsp3) is 0.677. The quantitative estimate of drug-likeness (QED) is 0.342. The van der Waals surface area contributed by atoms with Gasteiger partial charge in [-0.3, -0.25) is 9.59 Å². The van der Waals surface area contributed by atoms with Crippen LogP contribution >= 0.6 is 0 Å². The SMILES string of the molecule is CC1=C(C(=O)CC(C)C(C)C(=O)Cc2ccc(OCC[N+]3(C)CCC(C)C3)cc2)C(C)(C)CCC1. The van der Waals surface area contributed by atoms with Gasteiger partial charge >= 0.3 is 0 Å². The van der Waals surface area contributed by atoms with Crippen LogP contribution in [0.4, 0.5) is 0 Å². The van der Waals surface area contributed by atoms with E-state index in [0.29, 0.717) is 12.8 Å². The third-order valence-electron chi connectivity index (χ3n) is 8.72. The molecule has 0 radical (unpaired) electrons. The number of allylic oxidation sites excluding steroid dienone is 2. The average Bonchev–Trinajstić information content (AvgIpc) is 3.12. The Balaban J connectivity index is 1.48. The average molecular weight is 483 g/mol. The molecule has 1 aromatic carbocycles. The van der Waals surface area contributed by atoms with Crippen molar-refractivity contribution in [3.05, 3.63) is 41.0 Å². The molecule has 35 heavy (non-hydrogen) atoms. The van der Waals surface area contributed by atoms with Gasteiger partial charge in [0.25, 0.3) is 0 Å². The smallest absolute Gasteiger partial charge is 0.159 e. The van der Waals surface area contributed by atoms with Gasteiger partial charge in [-0.15, -0.1) is 0 Å². The number of Topliss-reactive ketones (excluding diaryl/α,β-unsaturated/α-hetero) is 2. The number of nitrogens with zero attached hydrogens (tertiary/aromatic N) is 1. The highest BCUT2D eigenvalue weighted by molar-refractivity contribution is 5.98. The van der Waals surface area contributed by atoms with Crippen molar-refractivity contribution in [2.45, 2.75) is 80.1 Å². The first-order valence-electron chi connectivity index (χ1n) is 13.7. The van der Waals surface area contributed by atoms with Crippen LogP contribution in [-0.2, 0) is 16.0 Å². The minimum absolute atomic E-state index is 0.0356. The largest absolute Gasteiger partial charge is 0.488 e. The molecule has 1 aromatic rings. The highest BCUT2D eigenvalue weighted by atomic mass is 16.5. The molecule has 0 N–H and O–H groups in total. The first-order valence-corrected chi connectivity index (χ1v) is 13.7. The molecule has 1 aliphatic heterocycles. The van der Waals surface area contributed by atoms with E-state index in [4.69, 9.17) is 4.74 Å². The van der Waals surface area contributed by atoms with Crippen LogP contribution in [0.3, 0.4) is 0 Å². The molecule has 1 heterocycles. The zero-order valence-corrected chi connectivity index (χ0v) is 23.3. The minimum atomic E-state index is -0.144. The normalized spacial score (nSPS) is 25.9. The lowest BCUT2D eigenvalue weighted by atomic mass is 9.69. The summed E-state index contributed by atoms with van der Waals surface area (Å²) in [5.74, 6) is 2.00. The molecule has 4 heteroatoms. The lowest BCUT2D eigenvalue weighted by molar-refractivity contribution is -0.899. The number of carbonyl (C=O) groups excluding carboxylic acids is 2. The zero-order valence-electron chi connectivity index (χ0n) is 23.3. The first kappa shape index (κ1) is 27.6. The van der Waals surface area contributed by atoms with Crippen LogP contribution < -0.4 is 4.74 Å². The molecule has 194 valence electrons. The number of hydrogen-bond donors (Lipinski definition) is 0. The Morgan fingerprint density at radius 2 is 1.86 bits per heavy atom. The summed E-state index contributed by atoms with van der Waals surface area (Å²) >= 11 is 0. The summed E-state index contributed by atoms with van der Waals surface area (Å²) in [6.45, 7) is 17.1. The van der Waals surface area contributed by atoms with Gasteiger partial charge in [-0.2, -0.15) is 0 Å². The van der Waals surface area contributed by atoms with E-state index >= 15 is 0 Å². The Kier molecular flexibility index (Phi) is 9.01. The van der Waals surface area contributed by atoms with Gasteiger partial charge in [0.15, 0.2) is 5.78 Å². The lowest BCUT2D eigenvalue weighted by Gasteiger charge is -2.34. The summed E-state index contributed by atoms with van der Waals surface area (Å²) in [6.07, 6.45) is 5.39. The van der Waals surface area contributed by atoms with E-state index in [-0.39, 0.29) is 28.8 Å². The number of quaternary nitrogens is 1. The highest BCUT2D eigenvalue weighted by Crippen LogP contribution is 2.41. The molecule has 2 aliphatic rings. The monoisotopic (exact) mass is 482 g/mol. The van der Waals surface area contributed by atoms with Gasteiger partial charge in [-0.1, -0.05) is 52.3 Å². The number of ether oxygens (including phenoxy) is 1. The van der Waals surface area contributed by atoms with Crippen molar-refractivity contribution in [2.24, 2.45) is 23.2 Å². The molecule has 4 atom stereocenters. The van der Waals surface area contributed by atoms with Crippen molar-refractivity contribution in [2.75, 3.05) is 33.3 Å². The van der Waals surface area contributed by atoms with Gasteiger partial charge in [0.2, 0.25) is 0 Å². The first-order chi connectivity index (χ1) is 16.4. The molecule has 1 aliphatic carbocycles. The number of carbonyl (C=O) groups is 2. The fourth-order valence-electron chi connectivity index (χ4n) is 6.25. The molecule has 0 aromatic heterocycles. The number of likely N-dealkylation sites (tertiary alicyclic amines) is 1. The second-order valence-corrected chi connectivity index (χ2v) is 12.6. The van der Waals surface area contributed by atoms with Crippen LogP contribution in [0.15, 0.2) is 35.4 Å². The molecule has 1 fully saturated rings. The molecule has 4 nitrogen and oxygen atoms in total. The second kappa shape index (κ2) is 11.4. The van der Waals surface area contributed by atoms with Gasteiger partial charge in [-0.05, 0) is 60.8 Å². The molecule has 0 amide bonds. The van der Waals surface area contributed by atoms with Crippen molar-refractivity contribution in [3.8, 4) is 5.75 Å². The molecular formula is C31H48NO3+. The van der Waals surface area contributed by atoms with E-state index < -0.39 is 0 Å². The predicted molar refractivity (Wildman–Crippen MR) is 143 cm³/mol. The summed E-state index contributed by atoms with van der Waals surface area (Å²) in [5, 5.41) is 0.